The second-order valence-corrected chi connectivity index (χ2v) is 5.85. The molecule has 0 aromatic carbocycles. The third-order valence-electron chi connectivity index (χ3n) is 3.37. The van der Waals surface area contributed by atoms with Crippen molar-refractivity contribution in [1.29, 1.82) is 0 Å². The summed E-state index contributed by atoms with van der Waals surface area (Å²) in [6.45, 7) is 8.62. The van der Waals surface area contributed by atoms with Gasteiger partial charge < -0.3 is 0 Å². The fourth-order valence-electron chi connectivity index (χ4n) is 2.12. The molecular weight excluding hydrogens is 208 g/mol. The maximum atomic E-state index is 10.7. The zero-order chi connectivity index (χ0) is 12.9. The summed E-state index contributed by atoms with van der Waals surface area (Å²) in [7, 11) is 0. The predicted molar refractivity (Wildman–Crippen MR) is 73.9 cm³/mol. The third kappa shape index (κ3) is 4.33. The van der Waals surface area contributed by atoms with Crippen LogP contribution in [0.1, 0.15) is 53.4 Å². The standard InChI is InChI=1S/C16H24O/c1-13-7-5-6-8-14(13)9-10-15(11-12-17)16(2,3)4/h9-12H,5-8H2,1-4H3/b10-9+,15-11-. The molecule has 1 aliphatic carbocycles. The van der Waals surface area contributed by atoms with Crippen LogP contribution < -0.4 is 0 Å². The van der Waals surface area contributed by atoms with Crippen molar-refractivity contribution in [3.05, 3.63) is 34.9 Å². The van der Waals surface area contributed by atoms with Crippen molar-refractivity contribution >= 4 is 6.29 Å². The molecule has 0 amide bonds. The summed E-state index contributed by atoms with van der Waals surface area (Å²) >= 11 is 0. The molecule has 0 unspecified atom stereocenters. The van der Waals surface area contributed by atoms with Gasteiger partial charge >= 0.3 is 0 Å². The molecule has 0 bridgehead atoms. The Bertz CT molecular complexity index is 361. The lowest BCUT2D eigenvalue weighted by Gasteiger charge is -2.20. The Labute approximate surface area is 105 Å². The van der Waals surface area contributed by atoms with Gasteiger partial charge in [-0.25, -0.2) is 0 Å². The lowest BCUT2D eigenvalue weighted by molar-refractivity contribution is -0.104. The van der Waals surface area contributed by atoms with E-state index in [0.717, 1.165) is 11.9 Å². The Morgan fingerprint density at radius 3 is 2.35 bits per heavy atom. The van der Waals surface area contributed by atoms with Crippen molar-refractivity contribution in [1.82, 2.24) is 0 Å². The molecule has 1 rings (SSSR count). The first kappa shape index (κ1) is 14.0. The second-order valence-electron chi connectivity index (χ2n) is 5.85. The Kier molecular flexibility index (Phi) is 4.92. The maximum Gasteiger partial charge on any atom is 0.143 e. The fraction of sp³-hybridized carbons (Fsp3) is 0.562. The highest BCUT2D eigenvalue weighted by molar-refractivity contribution is 5.67. The molecule has 0 N–H and O–H groups in total. The average molecular weight is 232 g/mol. The van der Waals surface area contributed by atoms with Crippen LogP contribution >= 0.6 is 0 Å². The molecule has 0 aromatic rings. The van der Waals surface area contributed by atoms with Crippen molar-refractivity contribution in [3.8, 4) is 0 Å². The van der Waals surface area contributed by atoms with E-state index in [0.29, 0.717) is 0 Å². The first-order valence-corrected chi connectivity index (χ1v) is 6.48. The van der Waals surface area contributed by atoms with E-state index >= 15 is 0 Å². The van der Waals surface area contributed by atoms with Crippen LogP contribution in [0.2, 0.25) is 0 Å². The van der Waals surface area contributed by atoms with Gasteiger partial charge in [-0.1, -0.05) is 38.5 Å². The molecule has 0 aromatic heterocycles. The van der Waals surface area contributed by atoms with E-state index in [1.165, 1.54) is 36.8 Å². The summed E-state index contributed by atoms with van der Waals surface area (Å²) in [6, 6.07) is 0. The largest absolute Gasteiger partial charge is 0.299 e. The highest BCUT2D eigenvalue weighted by atomic mass is 16.1. The SMILES string of the molecule is CC1=C(/C=C/C(=C/C=O)C(C)(C)C)CCCC1. The maximum absolute atomic E-state index is 10.7. The van der Waals surface area contributed by atoms with E-state index < -0.39 is 0 Å². The number of allylic oxidation sites excluding steroid dienone is 6. The van der Waals surface area contributed by atoms with E-state index in [1.54, 1.807) is 6.08 Å². The number of rotatable bonds is 3. The molecule has 1 aliphatic rings. The Morgan fingerprint density at radius 1 is 1.18 bits per heavy atom. The van der Waals surface area contributed by atoms with Crippen molar-refractivity contribution in [2.45, 2.75) is 53.4 Å². The van der Waals surface area contributed by atoms with Crippen molar-refractivity contribution in [3.63, 3.8) is 0 Å². The van der Waals surface area contributed by atoms with Gasteiger partial charge in [0, 0.05) is 0 Å². The zero-order valence-corrected chi connectivity index (χ0v) is 11.5. The molecule has 0 spiro atoms. The van der Waals surface area contributed by atoms with E-state index in [2.05, 4.69) is 39.8 Å². The van der Waals surface area contributed by atoms with Crippen molar-refractivity contribution < 1.29 is 4.79 Å². The van der Waals surface area contributed by atoms with E-state index in [1.807, 2.05) is 0 Å². The molecule has 1 nitrogen and oxygen atoms in total. The highest BCUT2D eigenvalue weighted by Gasteiger charge is 2.14. The monoisotopic (exact) mass is 232 g/mol. The molecule has 94 valence electrons. The molecule has 0 fully saturated rings. The van der Waals surface area contributed by atoms with Crippen molar-refractivity contribution in [2.75, 3.05) is 0 Å². The van der Waals surface area contributed by atoms with Crippen LogP contribution in [0.4, 0.5) is 0 Å². The van der Waals surface area contributed by atoms with Gasteiger partial charge in [0.1, 0.15) is 6.29 Å². The number of hydrogen-bond donors (Lipinski definition) is 0. The Morgan fingerprint density at radius 2 is 1.82 bits per heavy atom. The van der Waals surface area contributed by atoms with Crippen LogP contribution in [0.5, 0.6) is 0 Å². The minimum absolute atomic E-state index is 0.0283. The van der Waals surface area contributed by atoms with Crippen LogP contribution in [0.25, 0.3) is 0 Å². The average Bonchev–Trinajstić information content (AvgIpc) is 2.24. The molecule has 0 radical (unpaired) electrons. The predicted octanol–water partition coefficient (Wildman–Crippen LogP) is 4.60. The number of carbonyl (C=O) groups excluding carboxylic acids is 1. The van der Waals surface area contributed by atoms with Gasteiger partial charge in [-0.3, -0.25) is 4.79 Å². The van der Waals surface area contributed by atoms with Crippen LogP contribution in [0, 0.1) is 5.41 Å². The van der Waals surface area contributed by atoms with E-state index in [4.69, 9.17) is 0 Å². The van der Waals surface area contributed by atoms with Crippen LogP contribution in [-0.2, 0) is 4.79 Å². The summed E-state index contributed by atoms with van der Waals surface area (Å²) in [4.78, 5) is 10.7. The first-order chi connectivity index (χ1) is 7.95. The molecule has 0 atom stereocenters. The van der Waals surface area contributed by atoms with Crippen molar-refractivity contribution in [2.24, 2.45) is 5.41 Å². The molecule has 0 saturated carbocycles. The van der Waals surface area contributed by atoms with Gasteiger partial charge in [-0.05, 0) is 55.2 Å². The van der Waals surface area contributed by atoms with Gasteiger partial charge in [0.15, 0.2) is 0 Å². The van der Waals surface area contributed by atoms with E-state index in [9.17, 15) is 4.79 Å². The number of hydrogen-bond acceptors (Lipinski definition) is 1. The second kappa shape index (κ2) is 6.00. The molecule has 17 heavy (non-hydrogen) atoms. The molecule has 1 heteroatoms. The van der Waals surface area contributed by atoms with Crippen LogP contribution in [0.15, 0.2) is 34.9 Å². The highest BCUT2D eigenvalue weighted by Crippen LogP contribution is 2.29. The molecule has 0 aliphatic heterocycles. The van der Waals surface area contributed by atoms with Crippen LogP contribution in [-0.4, -0.2) is 6.29 Å². The summed E-state index contributed by atoms with van der Waals surface area (Å²) < 4.78 is 0. The summed E-state index contributed by atoms with van der Waals surface area (Å²) in [6.07, 6.45) is 11.9. The van der Waals surface area contributed by atoms with Gasteiger partial charge in [0.25, 0.3) is 0 Å². The van der Waals surface area contributed by atoms with Crippen LogP contribution in [0.3, 0.4) is 0 Å². The minimum atomic E-state index is 0.0283. The summed E-state index contributed by atoms with van der Waals surface area (Å²) in [5.41, 5.74) is 4.09. The summed E-state index contributed by atoms with van der Waals surface area (Å²) in [5.74, 6) is 0. The molecule has 0 saturated heterocycles. The van der Waals surface area contributed by atoms with Gasteiger partial charge in [-0.15, -0.1) is 0 Å². The summed E-state index contributed by atoms with van der Waals surface area (Å²) in [5, 5.41) is 0. The minimum Gasteiger partial charge on any atom is -0.299 e. The zero-order valence-electron chi connectivity index (χ0n) is 11.5. The number of carbonyl (C=O) groups is 1. The lowest BCUT2D eigenvalue weighted by atomic mass is 9.85. The molecule has 0 heterocycles. The first-order valence-electron chi connectivity index (χ1n) is 6.48. The van der Waals surface area contributed by atoms with Gasteiger partial charge in [0.05, 0.1) is 0 Å². The molecular formula is C16H24O. The third-order valence-corrected chi connectivity index (χ3v) is 3.37. The van der Waals surface area contributed by atoms with Gasteiger partial charge in [0.2, 0.25) is 0 Å². The Balaban J connectivity index is 2.88. The fourth-order valence-corrected chi connectivity index (χ4v) is 2.12. The quantitative estimate of drug-likeness (QED) is 0.395. The van der Waals surface area contributed by atoms with Gasteiger partial charge in [-0.2, -0.15) is 0 Å². The topological polar surface area (TPSA) is 17.1 Å². The smallest absolute Gasteiger partial charge is 0.143 e. The normalized spacial score (nSPS) is 18.9. The van der Waals surface area contributed by atoms with E-state index in [-0.39, 0.29) is 5.41 Å². The Hall–Kier alpha value is -1.11. The lowest BCUT2D eigenvalue weighted by Crippen LogP contribution is -2.08. The number of aldehydes is 1.